The molecule has 25 heavy (non-hydrogen) atoms. The minimum atomic E-state index is -0.698. The lowest BCUT2D eigenvalue weighted by atomic mass is 10.0. The number of hydrogen-bond donors (Lipinski definition) is 1. The monoisotopic (exact) mass is 340 g/mol. The van der Waals surface area contributed by atoms with Crippen molar-refractivity contribution in [2.24, 2.45) is 7.05 Å². The topological polar surface area (TPSA) is 84.4 Å². The number of likely N-dealkylation sites (tertiary alicyclic amines) is 1. The van der Waals surface area contributed by atoms with Crippen LogP contribution in [0.1, 0.15) is 41.5 Å². The molecule has 3 aromatic rings. The molecule has 1 amide bonds. The standard InChI is InChI=1S/C18H20N4O3/c1-21-15-7-6-12(10-14(15)19-20-21)18(24)22-8-2-4-13(22)11-16(23)17-5-3-9-25-17/h3,5-7,9-10,13,16,23H,2,4,8,11H2,1H3/t13-,16+/m1/s1. The zero-order valence-electron chi connectivity index (χ0n) is 14.0. The second-order valence-corrected chi connectivity index (χ2v) is 6.48. The van der Waals surface area contributed by atoms with Gasteiger partial charge in [0.05, 0.1) is 11.8 Å². The first-order chi connectivity index (χ1) is 12.1. The van der Waals surface area contributed by atoms with Crippen molar-refractivity contribution in [2.75, 3.05) is 6.54 Å². The van der Waals surface area contributed by atoms with Crippen molar-refractivity contribution in [1.82, 2.24) is 19.9 Å². The number of rotatable bonds is 4. The molecule has 7 heteroatoms. The van der Waals surface area contributed by atoms with Crippen LogP contribution < -0.4 is 0 Å². The molecule has 0 bridgehead atoms. The van der Waals surface area contributed by atoms with Crippen LogP contribution in [0.4, 0.5) is 0 Å². The van der Waals surface area contributed by atoms with Gasteiger partial charge in [-0.05, 0) is 43.2 Å². The van der Waals surface area contributed by atoms with Crippen molar-refractivity contribution >= 4 is 16.9 Å². The third-order valence-corrected chi connectivity index (χ3v) is 4.86. The van der Waals surface area contributed by atoms with Gasteiger partial charge < -0.3 is 14.4 Å². The van der Waals surface area contributed by atoms with Crippen molar-refractivity contribution in [3.8, 4) is 0 Å². The number of amides is 1. The Balaban J connectivity index is 1.53. The molecule has 0 spiro atoms. The molecule has 130 valence electrons. The lowest BCUT2D eigenvalue weighted by Crippen LogP contribution is -2.36. The highest BCUT2D eigenvalue weighted by Gasteiger charge is 2.32. The number of aliphatic hydroxyl groups is 1. The first-order valence-corrected chi connectivity index (χ1v) is 8.45. The molecule has 1 aliphatic rings. The van der Waals surface area contributed by atoms with Gasteiger partial charge >= 0.3 is 0 Å². The van der Waals surface area contributed by atoms with E-state index < -0.39 is 6.10 Å². The smallest absolute Gasteiger partial charge is 0.254 e. The van der Waals surface area contributed by atoms with Crippen LogP contribution in [0.15, 0.2) is 41.0 Å². The Morgan fingerprint density at radius 3 is 3.12 bits per heavy atom. The SMILES string of the molecule is Cn1nnc2cc(C(=O)N3CCC[C@@H]3C[C@H](O)c3ccco3)ccc21. The molecule has 2 aromatic heterocycles. The second kappa shape index (κ2) is 6.33. The third kappa shape index (κ3) is 2.91. The molecule has 4 rings (SSSR count). The number of furan rings is 1. The number of hydrogen-bond acceptors (Lipinski definition) is 5. The van der Waals surface area contributed by atoms with Crippen LogP contribution in [-0.4, -0.2) is 43.5 Å². The van der Waals surface area contributed by atoms with E-state index in [1.54, 1.807) is 29.1 Å². The molecule has 0 aliphatic carbocycles. The Morgan fingerprint density at radius 2 is 2.32 bits per heavy atom. The van der Waals surface area contributed by atoms with Crippen LogP contribution in [-0.2, 0) is 7.05 Å². The second-order valence-electron chi connectivity index (χ2n) is 6.48. The van der Waals surface area contributed by atoms with Crippen molar-refractivity contribution in [2.45, 2.75) is 31.4 Å². The lowest BCUT2D eigenvalue weighted by molar-refractivity contribution is 0.0641. The summed E-state index contributed by atoms with van der Waals surface area (Å²) >= 11 is 0. The van der Waals surface area contributed by atoms with E-state index >= 15 is 0 Å². The van der Waals surface area contributed by atoms with E-state index in [2.05, 4.69) is 10.3 Å². The fourth-order valence-corrected chi connectivity index (χ4v) is 3.54. The maximum absolute atomic E-state index is 12.9. The van der Waals surface area contributed by atoms with E-state index in [-0.39, 0.29) is 11.9 Å². The Morgan fingerprint density at radius 1 is 1.44 bits per heavy atom. The van der Waals surface area contributed by atoms with Gasteiger partial charge in [0.2, 0.25) is 0 Å². The molecule has 7 nitrogen and oxygen atoms in total. The summed E-state index contributed by atoms with van der Waals surface area (Å²) in [5.41, 5.74) is 2.20. The van der Waals surface area contributed by atoms with Gasteiger partial charge in [-0.25, -0.2) is 4.68 Å². The van der Waals surface area contributed by atoms with Crippen molar-refractivity contribution in [3.05, 3.63) is 47.9 Å². The number of carbonyl (C=O) groups is 1. The van der Waals surface area contributed by atoms with E-state index in [1.807, 2.05) is 24.1 Å². The largest absolute Gasteiger partial charge is 0.467 e. The summed E-state index contributed by atoms with van der Waals surface area (Å²) in [6.45, 7) is 0.701. The van der Waals surface area contributed by atoms with Gasteiger partial charge in [0.1, 0.15) is 17.4 Å². The number of nitrogens with zero attached hydrogens (tertiary/aromatic N) is 4. The molecule has 1 aliphatic heterocycles. The molecular formula is C18H20N4O3. The molecule has 0 saturated carbocycles. The number of aliphatic hydroxyl groups excluding tert-OH is 1. The summed E-state index contributed by atoms with van der Waals surface area (Å²) in [6.07, 6.45) is 3.15. The highest BCUT2D eigenvalue weighted by Crippen LogP contribution is 2.29. The molecular weight excluding hydrogens is 320 g/mol. The molecule has 1 aromatic carbocycles. The van der Waals surface area contributed by atoms with E-state index in [0.29, 0.717) is 29.8 Å². The Hall–Kier alpha value is -2.67. The number of carbonyl (C=O) groups excluding carboxylic acids is 1. The average Bonchev–Trinajstić information content (AvgIpc) is 3.35. The van der Waals surface area contributed by atoms with E-state index in [4.69, 9.17) is 4.42 Å². The normalized spacial score (nSPS) is 18.8. The summed E-state index contributed by atoms with van der Waals surface area (Å²) < 4.78 is 6.95. The fraction of sp³-hybridized carbons (Fsp3) is 0.389. The van der Waals surface area contributed by atoms with Crippen LogP contribution in [0.2, 0.25) is 0 Å². The van der Waals surface area contributed by atoms with Gasteiger partial charge in [-0.15, -0.1) is 5.10 Å². The van der Waals surface area contributed by atoms with Gasteiger partial charge in [0, 0.05) is 31.6 Å². The summed E-state index contributed by atoms with van der Waals surface area (Å²) in [5, 5.41) is 18.4. The van der Waals surface area contributed by atoms with Gasteiger partial charge in [-0.1, -0.05) is 5.21 Å². The fourth-order valence-electron chi connectivity index (χ4n) is 3.54. The van der Waals surface area contributed by atoms with Crippen LogP contribution in [0, 0.1) is 0 Å². The number of aromatic nitrogens is 3. The van der Waals surface area contributed by atoms with E-state index in [0.717, 1.165) is 18.4 Å². The highest BCUT2D eigenvalue weighted by atomic mass is 16.4. The van der Waals surface area contributed by atoms with E-state index in [1.165, 1.54) is 0 Å². The average molecular weight is 340 g/mol. The lowest BCUT2D eigenvalue weighted by Gasteiger charge is -2.26. The number of aryl methyl sites for hydroxylation is 1. The molecule has 0 unspecified atom stereocenters. The summed E-state index contributed by atoms with van der Waals surface area (Å²) in [7, 11) is 1.82. The quantitative estimate of drug-likeness (QED) is 0.788. The van der Waals surface area contributed by atoms with Gasteiger partial charge in [-0.3, -0.25) is 4.79 Å². The maximum Gasteiger partial charge on any atom is 0.254 e. The number of benzene rings is 1. The Kier molecular flexibility index (Phi) is 4.01. The van der Waals surface area contributed by atoms with Crippen LogP contribution in [0.25, 0.3) is 11.0 Å². The molecule has 1 fully saturated rings. The molecule has 1 saturated heterocycles. The van der Waals surface area contributed by atoms with Crippen molar-refractivity contribution < 1.29 is 14.3 Å². The molecule has 3 heterocycles. The molecule has 1 N–H and O–H groups in total. The van der Waals surface area contributed by atoms with Crippen LogP contribution >= 0.6 is 0 Å². The summed E-state index contributed by atoms with van der Waals surface area (Å²) in [5.74, 6) is 0.516. The zero-order chi connectivity index (χ0) is 17.4. The summed E-state index contributed by atoms with van der Waals surface area (Å²) in [4.78, 5) is 14.8. The third-order valence-electron chi connectivity index (χ3n) is 4.86. The summed E-state index contributed by atoms with van der Waals surface area (Å²) in [6, 6.07) is 8.98. The van der Waals surface area contributed by atoms with Crippen LogP contribution in [0.3, 0.4) is 0 Å². The maximum atomic E-state index is 12.9. The minimum Gasteiger partial charge on any atom is -0.467 e. The predicted octanol–water partition coefficient (Wildman–Crippen LogP) is 2.29. The van der Waals surface area contributed by atoms with Gasteiger partial charge in [0.25, 0.3) is 5.91 Å². The van der Waals surface area contributed by atoms with Crippen molar-refractivity contribution in [1.29, 1.82) is 0 Å². The molecule has 2 atom stereocenters. The molecule has 0 radical (unpaired) electrons. The Labute approximate surface area is 144 Å². The van der Waals surface area contributed by atoms with Gasteiger partial charge in [-0.2, -0.15) is 0 Å². The highest BCUT2D eigenvalue weighted by molar-refractivity contribution is 5.97. The zero-order valence-corrected chi connectivity index (χ0v) is 14.0. The Bertz CT molecular complexity index is 887. The first kappa shape index (κ1) is 15.8. The van der Waals surface area contributed by atoms with E-state index in [9.17, 15) is 9.90 Å². The number of fused-ring (bicyclic) bond motifs is 1. The minimum absolute atomic E-state index is 0.00477. The van der Waals surface area contributed by atoms with Gasteiger partial charge in [0.15, 0.2) is 0 Å². The van der Waals surface area contributed by atoms with Crippen LogP contribution in [0.5, 0.6) is 0 Å². The predicted molar refractivity (Wildman–Crippen MR) is 90.9 cm³/mol. The first-order valence-electron chi connectivity index (χ1n) is 8.45. The van der Waals surface area contributed by atoms with Crippen molar-refractivity contribution in [3.63, 3.8) is 0 Å².